The molecule has 1 rings (SSSR count). The Morgan fingerprint density at radius 1 is 1.29 bits per heavy atom. The Labute approximate surface area is 126 Å². The summed E-state index contributed by atoms with van der Waals surface area (Å²) in [6.07, 6.45) is 0.530. The van der Waals surface area contributed by atoms with Crippen LogP contribution in [-0.4, -0.2) is 25.8 Å². The van der Waals surface area contributed by atoms with Crippen LogP contribution in [0.2, 0.25) is 0 Å². The third-order valence-corrected chi connectivity index (χ3v) is 5.04. The SMILES string of the molecule is CC(C)CS(=O)(=O)CCCC(=O)Nc1ccccc1CN. The van der Waals surface area contributed by atoms with Crippen LogP contribution >= 0.6 is 0 Å². The highest BCUT2D eigenvalue weighted by molar-refractivity contribution is 7.91. The van der Waals surface area contributed by atoms with E-state index in [1.807, 2.05) is 32.0 Å². The molecule has 0 saturated carbocycles. The number of carbonyl (C=O) groups excluding carboxylic acids is 1. The molecule has 21 heavy (non-hydrogen) atoms. The van der Waals surface area contributed by atoms with E-state index in [0.29, 0.717) is 18.7 Å². The molecule has 0 fully saturated rings. The molecule has 0 aliphatic heterocycles. The van der Waals surface area contributed by atoms with E-state index >= 15 is 0 Å². The van der Waals surface area contributed by atoms with Gasteiger partial charge in [0.2, 0.25) is 5.91 Å². The normalized spacial score (nSPS) is 11.6. The Hall–Kier alpha value is -1.40. The number of carbonyl (C=O) groups is 1. The first-order chi connectivity index (χ1) is 9.84. The van der Waals surface area contributed by atoms with Crippen LogP contribution in [0.4, 0.5) is 5.69 Å². The van der Waals surface area contributed by atoms with Crippen LogP contribution in [0.1, 0.15) is 32.3 Å². The molecule has 1 amide bonds. The smallest absolute Gasteiger partial charge is 0.224 e. The molecule has 0 radical (unpaired) electrons. The fourth-order valence-electron chi connectivity index (χ4n) is 2.08. The maximum atomic E-state index is 11.8. The molecule has 0 aliphatic carbocycles. The van der Waals surface area contributed by atoms with Crippen molar-refractivity contribution in [3.8, 4) is 0 Å². The highest BCUT2D eigenvalue weighted by atomic mass is 32.2. The lowest BCUT2D eigenvalue weighted by Gasteiger charge is -2.10. The van der Waals surface area contributed by atoms with Crippen LogP contribution in [0, 0.1) is 5.92 Å². The van der Waals surface area contributed by atoms with Gasteiger partial charge in [-0.25, -0.2) is 8.42 Å². The van der Waals surface area contributed by atoms with Crippen molar-refractivity contribution in [1.82, 2.24) is 0 Å². The van der Waals surface area contributed by atoms with E-state index in [4.69, 9.17) is 5.73 Å². The predicted molar refractivity (Wildman–Crippen MR) is 85.7 cm³/mol. The average molecular weight is 312 g/mol. The van der Waals surface area contributed by atoms with Crippen LogP contribution in [0.25, 0.3) is 0 Å². The summed E-state index contributed by atoms with van der Waals surface area (Å²) in [5.41, 5.74) is 7.15. The Morgan fingerprint density at radius 2 is 1.95 bits per heavy atom. The minimum Gasteiger partial charge on any atom is -0.326 e. The fourth-order valence-corrected chi connectivity index (χ4v) is 3.84. The second-order valence-electron chi connectivity index (χ2n) is 5.52. The highest BCUT2D eigenvalue weighted by Crippen LogP contribution is 2.14. The number of anilines is 1. The number of benzene rings is 1. The summed E-state index contributed by atoms with van der Waals surface area (Å²) in [6, 6.07) is 7.32. The van der Waals surface area contributed by atoms with Gasteiger partial charge in [-0.05, 0) is 24.0 Å². The van der Waals surface area contributed by atoms with Gasteiger partial charge >= 0.3 is 0 Å². The Balaban J connectivity index is 2.45. The summed E-state index contributed by atoms with van der Waals surface area (Å²) in [7, 11) is -3.06. The van der Waals surface area contributed by atoms with Gasteiger partial charge in [0, 0.05) is 18.7 Å². The van der Waals surface area contributed by atoms with Gasteiger partial charge in [-0.1, -0.05) is 32.0 Å². The molecule has 1 aromatic carbocycles. The zero-order chi connectivity index (χ0) is 15.9. The number of para-hydroxylation sites is 1. The molecule has 118 valence electrons. The van der Waals surface area contributed by atoms with Crippen molar-refractivity contribution in [2.75, 3.05) is 16.8 Å². The van der Waals surface area contributed by atoms with Crippen molar-refractivity contribution in [3.05, 3.63) is 29.8 Å². The van der Waals surface area contributed by atoms with Gasteiger partial charge in [0.1, 0.15) is 0 Å². The van der Waals surface area contributed by atoms with Gasteiger partial charge in [0.05, 0.1) is 11.5 Å². The van der Waals surface area contributed by atoms with Crippen molar-refractivity contribution in [2.45, 2.75) is 33.2 Å². The number of sulfone groups is 1. The van der Waals surface area contributed by atoms with Crippen LogP contribution in [0.3, 0.4) is 0 Å². The van der Waals surface area contributed by atoms with Crippen LogP contribution < -0.4 is 11.1 Å². The molecule has 0 spiro atoms. The molecule has 0 aromatic heterocycles. The quantitative estimate of drug-likeness (QED) is 0.767. The predicted octanol–water partition coefficient (Wildman–Crippen LogP) is 1.93. The van der Waals surface area contributed by atoms with E-state index in [2.05, 4.69) is 5.32 Å². The van der Waals surface area contributed by atoms with Crippen molar-refractivity contribution in [3.63, 3.8) is 0 Å². The van der Waals surface area contributed by atoms with E-state index in [0.717, 1.165) is 5.56 Å². The molecular weight excluding hydrogens is 288 g/mol. The largest absolute Gasteiger partial charge is 0.326 e. The first-order valence-corrected chi connectivity index (χ1v) is 8.94. The van der Waals surface area contributed by atoms with Gasteiger partial charge in [-0.15, -0.1) is 0 Å². The molecule has 1 aromatic rings. The molecule has 0 heterocycles. The van der Waals surface area contributed by atoms with Crippen molar-refractivity contribution in [2.24, 2.45) is 11.7 Å². The minimum absolute atomic E-state index is 0.0527. The number of amides is 1. The van der Waals surface area contributed by atoms with Crippen LogP contribution in [0.15, 0.2) is 24.3 Å². The molecule has 6 heteroatoms. The Bertz CT molecular complexity index is 568. The Morgan fingerprint density at radius 3 is 2.57 bits per heavy atom. The molecule has 0 saturated heterocycles. The second-order valence-corrected chi connectivity index (χ2v) is 7.75. The lowest BCUT2D eigenvalue weighted by molar-refractivity contribution is -0.116. The summed E-state index contributed by atoms with van der Waals surface area (Å²) >= 11 is 0. The first-order valence-electron chi connectivity index (χ1n) is 7.12. The first kappa shape index (κ1) is 17.7. The van der Waals surface area contributed by atoms with E-state index in [1.54, 1.807) is 6.07 Å². The van der Waals surface area contributed by atoms with Gasteiger partial charge in [0.15, 0.2) is 9.84 Å². The summed E-state index contributed by atoms with van der Waals surface area (Å²) in [5.74, 6) is 0.151. The highest BCUT2D eigenvalue weighted by Gasteiger charge is 2.14. The van der Waals surface area contributed by atoms with Crippen LogP contribution in [-0.2, 0) is 21.2 Å². The average Bonchev–Trinajstić information content (AvgIpc) is 2.37. The molecule has 0 aliphatic rings. The monoisotopic (exact) mass is 312 g/mol. The number of hydrogen-bond acceptors (Lipinski definition) is 4. The van der Waals surface area contributed by atoms with Crippen LogP contribution in [0.5, 0.6) is 0 Å². The molecule has 0 unspecified atom stereocenters. The van der Waals surface area contributed by atoms with Crippen molar-refractivity contribution in [1.29, 1.82) is 0 Å². The van der Waals surface area contributed by atoms with E-state index in [-0.39, 0.29) is 29.8 Å². The zero-order valence-electron chi connectivity index (χ0n) is 12.6. The van der Waals surface area contributed by atoms with Crippen molar-refractivity contribution < 1.29 is 13.2 Å². The summed E-state index contributed by atoms with van der Waals surface area (Å²) in [5, 5.41) is 2.77. The summed E-state index contributed by atoms with van der Waals surface area (Å²) in [6.45, 7) is 4.08. The summed E-state index contributed by atoms with van der Waals surface area (Å²) < 4.78 is 23.5. The lowest BCUT2D eigenvalue weighted by atomic mass is 10.1. The van der Waals surface area contributed by atoms with E-state index in [1.165, 1.54) is 0 Å². The molecule has 3 N–H and O–H groups in total. The second kappa shape index (κ2) is 8.14. The molecular formula is C15H24N2O3S. The van der Waals surface area contributed by atoms with E-state index in [9.17, 15) is 13.2 Å². The standard InChI is InChI=1S/C15H24N2O3S/c1-12(2)11-21(19,20)9-5-8-15(18)17-14-7-4-3-6-13(14)10-16/h3-4,6-7,12H,5,8-11,16H2,1-2H3,(H,17,18). The molecule has 5 nitrogen and oxygen atoms in total. The third kappa shape index (κ3) is 6.73. The number of hydrogen-bond donors (Lipinski definition) is 2. The third-order valence-electron chi connectivity index (χ3n) is 2.96. The number of rotatable bonds is 8. The minimum atomic E-state index is -3.06. The maximum Gasteiger partial charge on any atom is 0.224 e. The van der Waals surface area contributed by atoms with Gasteiger partial charge in [0.25, 0.3) is 0 Å². The lowest BCUT2D eigenvalue weighted by Crippen LogP contribution is -2.18. The van der Waals surface area contributed by atoms with E-state index < -0.39 is 9.84 Å². The molecule has 0 atom stereocenters. The topological polar surface area (TPSA) is 89.3 Å². The Kier molecular flexibility index (Phi) is 6.84. The fraction of sp³-hybridized carbons (Fsp3) is 0.533. The van der Waals surface area contributed by atoms with Crippen molar-refractivity contribution >= 4 is 21.4 Å². The van der Waals surface area contributed by atoms with Gasteiger partial charge in [-0.3, -0.25) is 4.79 Å². The maximum absolute atomic E-state index is 11.8. The van der Waals surface area contributed by atoms with Gasteiger partial charge < -0.3 is 11.1 Å². The summed E-state index contributed by atoms with van der Waals surface area (Å²) in [4.78, 5) is 11.8. The number of nitrogens with two attached hydrogens (primary N) is 1. The number of nitrogens with one attached hydrogen (secondary N) is 1. The molecule has 0 bridgehead atoms. The van der Waals surface area contributed by atoms with Gasteiger partial charge in [-0.2, -0.15) is 0 Å². The zero-order valence-corrected chi connectivity index (χ0v) is 13.4.